The fourth-order valence-corrected chi connectivity index (χ4v) is 5.63. The molecule has 5 aromatic rings. The largest absolute Gasteiger partial charge is 0.396 e. The third-order valence-corrected chi connectivity index (χ3v) is 7.36. The van der Waals surface area contributed by atoms with E-state index in [1.807, 2.05) is 44.4 Å². The van der Waals surface area contributed by atoms with Crippen LogP contribution in [0.5, 0.6) is 0 Å². The number of para-hydroxylation sites is 2. The SMILES string of the molecule is CC.Nc1c(/C=C2\CN(C3NC=CC=C3c3ccccc3)c3cccnc32)n(-c2ccccc2)c2ccccc12. The minimum Gasteiger partial charge on any atom is -0.396 e. The van der Waals surface area contributed by atoms with Gasteiger partial charge in [0.15, 0.2) is 0 Å². The number of aromatic nitrogens is 2. The number of dihydropyridines is 1. The van der Waals surface area contributed by atoms with Crippen molar-refractivity contribution in [2.75, 3.05) is 17.2 Å². The van der Waals surface area contributed by atoms with Crippen LogP contribution in [0.2, 0.25) is 0 Å². The van der Waals surface area contributed by atoms with Gasteiger partial charge >= 0.3 is 0 Å². The van der Waals surface area contributed by atoms with Gasteiger partial charge in [-0.05, 0) is 54.2 Å². The lowest BCUT2D eigenvalue weighted by molar-refractivity contribution is 0.681. The Kier molecular flexibility index (Phi) is 6.94. The second-order valence-electron chi connectivity index (χ2n) is 9.57. The van der Waals surface area contributed by atoms with E-state index in [4.69, 9.17) is 10.7 Å². The summed E-state index contributed by atoms with van der Waals surface area (Å²) >= 11 is 0. The number of nitrogens with one attached hydrogen (secondary N) is 1. The van der Waals surface area contributed by atoms with Crippen molar-refractivity contribution in [3.63, 3.8) is 0 Å². The highest BCUT2D eigenvalue weighted by Crippen LogP contribution is 2.41. The van der Waals surface area contributed by atoms with Crippen LogP contribution in [0.25, 0.3) is 33.8 Å². The molecule has 4 heterocycles. The number of nitrogens with two attached hydrogens (primary N) is 1. The van der Waals surface area contributed by atoms with Gasteiger partial charge in [0, 0.05) is 35.0 Å². The number of hydrogen-bond donors (Lipinski definition) is 2. The number of benzene rings is 3. The number of rotatable bonds is 4. The van der Waals surface area contributed by atoms with Crippen molar-refractivity contribution in [2.45, 2.75) is 20.0 Å². The first-order valence-electron chi connectivity index (χ1n) is 13.8. The Morgan fingerprint density at radius 1 is 0.875 bits per heavy atom. The summed E-state index contributed by atoms with van der Waals surface area (Å²) in [6, 6.07) is 33.4. The maximum absolute atomic E-state index is 6.82. The van der Waals surface area contributed by atoms with E-state index < -0.39 is 0 Å². The number of fused-ring (bicyclic) bond motifs is 2. The van der Waals surface area contributed by atoms with E-state index in [1.165, 1.54) is 11.1 Å². The topological polar surface area (TPSA) is 59.1 Å². The Morgan fingerprint density at radius 3 is 2.40 bits per heavy atom. The molecule has 0 saturated heterocycles. The highest BCUT2D eigenvalue weighted by Gasteiger charge is 2.33. The van der Waals surface area contributed by atoms with Crippen molar-refractivity contribution < 1.29 is 0 Å². The lowest BCUT2D eigenvalue weighted by Crippen LogP contribution is -2.44. The molecule has 0 aliphatic carbocycles. The maximum Gasteiger partial charge on any atom is 0.126 e. The average molecular weight is 524 g/mol. The monoisotopic (exact) mass is 523 g/mol. The van der Waals surface area contributed by atoms with Crippen molar-refractivity contribution in [1.29, 1.82) is 0 Å². The van der Waals surface area contributed by atoms with Gasteiger partial charge in [-0.2, -0.15) is 0 Å². The molecule has 0 saturated carbocycles. The van der Waals surface area contributed by atoms with Crippen LogP contribution in [0.3, 0.4) is 0 Å². The normalized spacial score (nSPS) is 16.8. The van der Waals surface area contributed by atoms with Gasteiger partial charge in [-0.3, -0.25) is 4.98 Å². The molecule has 2 aliphatic rings. The van der Waals surface area contributed by atoms with E-state index in [-0.39, 0.29) is 6.17 Å². The molecule has 3 N–H and O–H groups in total. The average Bonchev–Trinajstić information content (AvgIpc) is 3.54. The number of allylic oxidation sites excluding steroid dienone is 2. The highest BCUT2D eigenvalue weighted by molar-refractivity contribution is 6.02. The molecular weight excluding hydrogens is 490 g/mol. The zero-order chi connectivity index (χ0) is 27.5. The molecule has 7 rings (SSSR count). The fraction of sp³-hybridized carbons (Fsp3) is 0.114. The summed E-state index contributed by atoms with van der Waals surface area (Å²) in [4.78, 5) is 7.23. The van der Waals surface area contributed by atoms with E-state index >= 15 is 0 Å². The molecule has 1 atom stereocenters. The van der Waals surface area contributed by atoms with Crippen molar-refractivity contribution in [3.05, 3.63) is 139 Å². The Bertz CT molecular complexity index is 1730. The standard InChI is InChI=1S/C33H27N5.C2H6/c34-31-27-15-7-8-17-28(27)38(25-13-5-2-6-14-25)30(31)21-24-22-37(29-18-10-19-35-32(24)29)33-26(16-9-20-36-33)23-11-3-1-4-12-23;1-2/h1-21,33,36H,22,34H2;1-2H3/b24-21+;. The molecule has 3 aromatic carbocycles. The molecule has 198 valence electrons. The van der Waals surface area contributed by atoms with Crippen LogP contribution in [0.4, 0.5) is 11.4 Å². The number of nitrogens with zero attached hydrogens (tertiary/aromatic N) is 3. The lowest BCUT2D eigenvalue weighted by Gasteiger charge is -2.34. The first-order chi connectivity index (χ1) is 19.8. The Labute approximate surface area is 235 Å². The third-order valence-electron chi connectivity index (χ3n) is 7.36. The summed E-state index contributed by atoms with van der Waals surface area (Å²) in [5, 5.41) is 4.65. The van der Waals surface area contributed by atoms with Gasteiger partial charge in [0.1, 0.15) is 6.17 Å². The summed E-state index contributed by atoms with van der Waals surface area (Å²) in [6.07, 6.45) is 10.3. The van der Waals surface area contributed by atoms with Gasteiger partial charge in [-0.1, -0.05) is 86.7 Å². The van der Waals surface area contributed by atoms with Crippen LogP contribution in [0.15, 0.2) is 122 Å². The molecule has 1 unspecified atom stereocenters. The van der Waals surface area contributed by atoms with E-state index in [9.17, 15) is 0 Å². The molecule has 0 radical (unpaired) electrons. The van der Waals surface area contributed by atoms with Crippen LogP contribution in [-0.2, 0) is 0 Å². The lowest BCUT2D eigenvalue weighted by atomic mass is 10.00. The molecule has 0 spiro atoms. The molecule has 5 heteroatoms. The van der Waals surface area contributed by atoms with Gasteiger partial charge in [0.25, 0.3) is 0 Å². The number of hydrogen-bond acceptors (Lipinski definition) is 4. The Morgan fingerprint density at radius 2 is 1.60 bits per heavy atom. The third kappa shape index (κ3) is 4.35. The molecule has 40 heavy (non-hydrogen) atoms. The molecule has 2 aromatic heterocycles. The zero-order valence-electron chi connectivity index (χ0n) is 22.8. The van der Waals surface area contributed by atoms with E-state index in [2.05, 4.69) is 112 Å². The predicted molar refractivity (Wildman–Crippen MR) is 169 cm³/mol. The Hall–Kier alpha value is -5.03. The highest BCUT2D eigenvalue weighted by atomic mass is 15.3. The van der Waals surface area contributed by atoms with Crippen LogP contribution < -0.4 is 16.0 Å². The predicted octanol–water partition coefficient (Wildman–Crippen LogP) is 7.52. The minimum atomic E-state index is -0.0198. The van der Waals surface area contributed by atoms with Gasteiger partial charge < -0.3 is 20.5 Å². The fourth-order valence-electron chi connectivity index (χ4n) is 5.63. The first kappa shape index (κ1) is 25.3. The molecular formula is C35H33N5. The van der Waals surface area contributed by atoms with Gasteiger partial charge in [0.2, 0.25) is 0 Å². The number of anilines is 2. The zero-order valence-corrected chi connectivity index (χ0v) is 22.8. The number of pyridine rings is 1. The second kappa shape index (κ2) is 11.0. The minimum absolute atomic E-state index is 0.0198. The van der Waals surface area contributed by atoms with Crippen molar-refractivity contribution >= 4 is 39.5 Å². The molecule has 2 aliphatic heterocycles. The van der Waals surface area contributed by atoms with E-state index in [0.29, 0.717) is 6.54 Å². The second-order valence-corrected chi connectivity index (χ2v) is 9.57. The maximum atomic E-state index is 6.82. The van der Waals surface area contributed by atoms with Gasteiger partial charge in [0.05, 0.1) is 28.3 Å². The van der Waals surface area contributed by atoms with Crippen LogP contribution in [-0.4, -0.2) is 22.3 Å². The summed E-state index contributed by atoms with van der Waals surface area (Å²) < 4.78 is 2.25. The molecule has 0 amide bonds. The van der Waals surface area contributed by atoms with E-state index in [1.54, 1.807) is 0 Å². The summed E-state index contributed by atoms with van der Waals surface area (Å²) in [5.41, 5.74) is 16.4. The molecule has 0 bridgehead atoms. The van der Waals surface area contributed by atoms with E-state index in [0.717, 1.165) is 44.9 Å². The van der Waals surface area contributed by atoms with Crippen LogP contribution >= 0.6 is 0 Å². The Balaban J connectivity index is 0.00000142. The quantitative estimate of drug-likeness (QED) is 0.256. The smallest absolute Gasteiger partial charge is 0.126 e. The number of nitrogen functional groups attached to an aromatic ring is 1. The van der Waals surface area contributed by atoms with Crippen LogP contribution in [0, 0.1) is 0 Å². The summed E-state index contributed by atoms with van der Waals surface area (Å²) in [7, 11) is 0. The van der Waals surface area contributed by atoms with Gasteiger partial charge in [-0.25, -0.2) is 0 Å². The van der Waals surface area contributed by atoms with Gasteiger partial charge in [-0.15, -0.1) is 0 Å². The van der Waals surface area contributed by atoms with Crippen molar-refractivity contribution in [2.24, 2.45) is 0 Å². The molecule has 0 fully saturated rings. The van der Waals surface area contributed by atoms with Crippen LogP contribution in [0.1, 0.15) is 30.8 Å². The first-order valence-corrected chi connectivity index (χ1v) is 13.8. The van der Waals surface area contributed by atoms with Crippen molar-refractivity contribution in [3.8, 4) is 5.69 Å². The summed E-state index contributed by atoms with van der Waals surface area (Å²) in [5.74, 6) is 0. The molecule has 5 nitrogen and oxygen atoms in total. The summed E-state index contributed by atoms with van der Waals surface area (Å²) in [6.45, 7) is 4.71. The van der Waals surface area contributed by atoms with Crippen molar-refractivity contribution in [1.82, 2.24) is 14.9 Å².